The molecular formula is C11H19N3O2S. The van der Waals surface area contributed by atoms with Crippen molar-refractivity contribution >= 4 is 21.5 Å². The normalized spacial score (nSPS) is 11.8. The summed E-state index contributed by atoms with van der Waals surface area (Å²) in [6.07, 6.45) is 2.07. The first-order valence-corrected chi connectivity index (χ1v) is 7.18. The van der Waals surface area contributed by atoms with Gasteiger partial charge in [-0.1, -0.05) is 13.8 Å². The zero-order valence-electron chi connectivity index (χ0n) is 10.4. The van der Waals surface area contributed by atoms with E-state index in [0.29, 0.717) is 23.8 Å². The van der Waals surface area contributed by atoms with E-state index in [1.807, 2.05) is 13.8 Å². The molecule has 0 radical (unpaired) electrons. The smallest absolute Gasteiger partial charge is 0.233 e. The van der Waals surface area contributed by atoms with Crippen molar-refractivity contribution in [2.24, 2.45) is 5.92 Å². The molecule has 0 bridgehead atoms. The first-order chi connectivity index (χ1) is 7.80. The van der Waals surface area contributed by atoms with Crippen molar-refractivity contribution in [1.82, 2.24) is 4.98 Å². The lowest BCUT2D eigenvalue weighted by atomic mass is 10.2. The van der Waals surface area contributed by atoms with Gasteiger partial charge in [0, 0.05) is 0 Å². The molecule has 0 aromatic carbocycles. The number of nitrogens with one attached hydrogen (secondary N) is 1. The number of rotatable bonds is 5. The van der Waals surface area contributed by atoms with Gasteiger partial charge >= 0.3 is 0 Å². The molecule has 17 heavy (non-hydrogen) atoms. The molecule has 1 aromatic heterocycles. The van der Waals surface area contributed by atoms with E-state index in [2.05, 4.69) is 9.71 Å². The Kier molecular flexibility index (Phi) is 4.34. The molecule has 1 aromatic rings. The summed E-state index contributed by atoms with van der Waals surface area (Å²) in [5.74, 6) is 0.811. The predicted octanol–water partition coefficient (Wildman–Crippen LogP) is 1.76. The number of hydrogen-bond donors (Lipinski definition) is 2. The molecule has 0 aliphatic rings. The lowest BCUT2D eigenvalue weighted by molar-refractivity contribution is 0.577. The number of anilines is 2. The maximum Gasteiger partial charge on any atom is 0.233 e. The monoisotopic (exact) mass is 257 g/mol. The van der Waals surface area contributed by atoms with Crippen LogP contribution in [0.1, 0.15) is 25.8 Å². The van der Waals surface area contributed by atoms with Gasteiger partial charge in [0.25, 0.3) is 0 Å². The minimum absolute atomic E-state index is 0.107. The Balaban J connectivity index is 2.76. The summed E-state index contributed by atoms with van der Waals surface area (Å²) in [4.78, 5) is 3.97. The van der Waals surface area contributed by atoms with Gasteiger partial charge in [-0.25, -0.2) is 13.4 Å². The number of aryl methyl sites for hydroxylation is 1. The van der Waals surface area contributed by atoms with E-state index in [0.717, 1.165) is 5.56 Å². The van der Waals surface area contributed by atoms with Crippen molar-refractivity contribution in [1.29, 1.82) is 0 Å². The Hall–Kier alpha value is -1.30. The van der Waals surface area contributed by atoms with Crippen molar-refractivity contribution in [3.05, 3.63) is 17.8 Å². The van der Waals surface area contributed by atoms with Gasteiger partial charge in [0.1, 0.15) is 5.82 Å². The molecule has 5 nitrogen and oxygen atoms in total. The summed E-state index contributed by atoms with van der Waals surface area (Å²) in [5, 5.41) is 0. The van der Waals surface area contributed by atoms with Gasteiger partial charge in [-0.3, -0.25) is 4.72 Å². The quantitative estimate of drug-likeness (QED) is 0.841. The van der Waals surface area contributed by atoms with Crippen LogP contribution in [-0.4, -0.2) is 19.2 Å². The fourth-order valence-electron chi connectivity index (χ4n) is 1.29. The van der Waals surface area contributed by atoms with Crippen molar-refractivity contribution < 1.29 is 8.42 Å². The van der Waals surface area contributed by atoms with Gasteiger partial charge in [0.2, 0.25) is 10.0 Å². The zero-order chi connectivity index (χ0) is 13.1. The van der Waals surface area contributed by atoms with Crippen LogP contribution in [0.2, 0.25) is 0 Å². The molecule has 1 rings (SSSR count). The number of nitrogens with zero attached hydrogens (tertiary/aromatic N) is 1. The first kappa shape index (κ1) is 13.8. The van der Waals surface area contributed by atoms with Gasteiger partial charge in [-0.2, -0.15) is 0 Å². The summed E-state index contributed by atoms with van der Waals surface area (Å²) in [6, 6.07) is 1.69. The maximum absolute atomic E-state index is 11.8. The molecule has 1 heterocycles. The second-order valence-electron chi connectivity index (χ2n) is 4.54. The Morgan fingerprint density at radius 3 is 2.65 bits per heavy atom. The van der Waals surface area contributed by atoms with Crippen molar-refractivity contribution in [3.63, 3.8) is 0 Å². The van der Waals surface area contributed by atoms with Crippen LogP contribution >= 0.6 is 0 Å². The lowest BCUT2D eigenvalue weighted by Gasteiger charge is -2.10. The van der Waals surface area contributed by atoms with Crippen LogP contribution in [0, 0.1) is 12.8 Å². The van der Waals surface area contributed by atoms with E-state index in [4.69, 9.17) is 5.73 Å². The minimum atomic E-state index is -3.32. The Bertz CT molecular complexity index is 483. The van der Waals surface area contributed by atoms with Gasteiger partial charge in [-0.05, 0) is 30.9 Å². The number of aromatic nitrogens is 1. The predicted molar refractivity (Wildman–Crippen MR) is 70.3 cm³/mol. The van der Waals surface area contributed by atoms with Crippen LogP contribution in [0.3, 0.4) is 0 Å². The molecule has 0 fully saturated rings. The molecule has 0 saturated carbocycles. The van der Waals surface area contributed by atoms with Crippen molar-refractivity contribution in [3.8, 4) is 0 Å². The van der Waals surface area contributed by atoms with Crippen LogP contribution < -0.4 is 10.5 Å². The van der Waals surface area contributed by atoms with Crippen LogP contribution in [-0.2, 0) is 10.0 Å². The highest BCUT2D eigenvalue weighted by Gasteiger charge is 2.13. The summed E-state index contributed by atoms with van der Waals surface area (Å²) < 4.78 is 26.0. The number of sulfonamides is 1. The maximum atomic E-state index is 11.8. The first-order valence-electron chi connectivity index (χ1n) is 5.53. The van der Waals surface area contributed by atoms with Gasteiger partial charge in [-0.15, -0.1) is 0 Å². The fourth-order valence-corrected chi connectivity index (χ4v) is 2.68. The zero-order valence-corrected chi connectivity index (χ0v) is 11.2. The topological polar surface area (TPSA) is 85.1 Å². The van der Waals surface area contributed by atoms with Gasteiger partial charge in [0.05, 0.1) is 17.6 Å². The average molecular weight is 257 g/mol. The van der Waals surface area contributed by atoms with E-state index in [-0.39, 0.29) is 5.75 Å². The highest BCUT2D eigenvalue weighted by atomic mass is 32.2. The number of pyridine rings is 1. The largest absolute Gasteiger partial charge is 0.397 e. The van der Waals surface area contributed by atoms with Gasteiger partial charge in [0.15, 0.2) is 0 Å². The van der Waals surface area contributed by atoms with E-state index in [9.17, 15) is 8.42 Å². The molecule has 0 aliphatic heterocycles. The summed E-state index contributed by atoms with van der Waals surface area (Å²) in [7, 11) is -3.32. The molecule has 0 spiro atoms. The second-order valence-corrected chi connectivity index (χ2v) is 6.38. The van der Waals surface area contributed by atoms with Crippen molar-refractivity contribution in [2.45, 2.75) is 27.2 Å². The summed E-state index contributed by atoms with van der Waals surface area (Å²) in [5.41, 5.74) is 6.79. The third-order valence-electron chi connectivity index (χ3n) is 2.32. The second kappa shape index (κ2) is 5.35. The molecule has 96 valence electrons. The summed E-state index contributed by atoms with van der Waals surface area (Å²) >= 11 is 0. The SMILES string of the molecule is Cc1cc(N)cnc1NS(=O)(=O)CCC(C)C. The Morgan fingerprint density at radius 2 is 2.12 bits per heavy atom. The molecular weight excluding hydrogens is 238 g/mol. The average Bonchev–Trinajstić information content (AvgIpc) is 2.20. The molecule has 0 aliphatic carbocycles. The standard InChI is InChI=1S/C11H19N3O2S/c1-8(2)4-5-17(15,16)14-11-9(3)6-10(12)7-13-11/h6-8H,4-5,12H2,1-3H3,(H,13,14). The molecule has 0 atom stereocenters. The molecule has 0 unspecified atom stereocenters. The Labute approximate surface area is 102 Å². The Morgan fingerprint density at radius 1 is 1.47 bits per heavy atom. The highest BCUT2D eigenvalue weighted by molar-refractivity contribution is 7.92. The van der Waals surface area contributed by atoms with Crippen LogP contribution in [0.5, 0.6) is 0 Å². The summed E-state index contributed by atoms with van der Waals surface area (Å²) in [6.45, 7) is 5.74. The number of hydrogen-bond acceptors (Lipinski definition) is 4. The van der Waals surface area contributed by atoms with Crippen LogP contribution in [0.4, 0.5) is 11.5 Å². The minimum Gasteiger partial charge on any atom is -0.397 e. The molecule has 0 amide bonds. The highest BCUT2D eigenvalue weighted by Crippen LogP contribution is 2.16. The lowest BCUT2D eigenvalue weighted by Crippen LogP contribution is -2.19. The van der Waals surface area contributed by atoms with Crippen molar-refractivity contribution in [2.75, 3.05) is 16.2 Å². The van der Waals surface area contributed by atoms with Crippen LogP contribution in [0.15, 0.2) is 12.3 Å². The third kappa shape index (κ3) is 4.60. The van der Waals surface area contributed by atoms with E-state index < -0.39 is 10.0 Å². The third-order valence-corrected chi connectivity index (χ3v) is 3.59. The van der Waals surface area contributed by atoms with E-state index in [1.165, 1.54) is 6.20 Å². The fraction of sp³-hybridized carbons (Fsp3) is 0.545. The van der Waals surface area contributed by atoms with Crippen LogP contribution in [0.25, 0.3) is 0 Å². The number of nitrogens with two attached hydrogens (primary N) is 1. The molecule has 0 saturated heterocycles. The van der Waals surface area contributed by atoms with E-state index in [1.54, 1.807) is 13.0 Å². The number of nitrogen functional groups attached to an aromatic ring is 1. The van der Waals surface area contributed by atoms with Gasteiger partial charge < -0.3 is 5.73 Å². The van der Waals surface area contributed by atoms with E-state index >= 15 is 0 Å². The molecule has 3 N–H and O–H groups in total. The molecule has 6 heteroatoms.